The van der Waals surface area contributed by atoms with Gasteiger partial charge in [0.05, 0.1) is 0 Å². The van der Waals surface area contributed by atoms with Gasteiger partial charge in [0.25, 0.3) is 5.91 Å². The molecule has 0 radical (unpaired) electrons. The molecule has 1 unspecified atom stereocenters. The van der Waals surface area contributed by atoms with E-state index in [4.69, 9.17) is 0 Å². The molecule has 0 aromatic carbocycles. The van der Waals surface area contributed by atoms with Gasteiger partial charge >= 0.3 is 0 Å². The van der Waals surface area contributed by atoms with Crippen molar-refractivity contribution in [2.24, 2.45) is 0 Å². The molecule has 1 aliphatic rings. The fraction of sp³-hybridized carbons (Fsp3) is 0.538. The molecular formula is C13H19N3OS. The molecule has 1 aromatic heterocycles. The third-order valence-electron chi connectivity index (χ3n) is 2.84. The molecule has 0 bridgehead atoms. The van der Waals surface area contributed by atoms with Gasteiger partial charge in [-0.05, 0) is 30.7 Å². The number of pyridine rings is 1. The third-order valence-corrected chi connectivity index (χ3v) is 4.01. The predicted octanol–water partition coefficient (Wildman–Crippen LogP) is 2.14. The summed E-state index contributed by atoms with van der Waals surface area (Å²) in [6.07, 6.45) is 3.79. The molecule has 4 nitrogen and oxygen atoms in total. The zero-order valence-corrected chi connectivity index (χ0v) is 11.4. The van der Waals surface area contributed by atoms with Crippen molar-refractivity contribution >= 4 is 23.5 Å². The minimum atomic E-state index is 0.00412. The van der Waals surface area contributed by atoms with Crippen LogP contribution in [-0.4, -0.2) is 35.0 Å². The number of hydrogen-bond donors (Lipinski definition) is 2. The fourth-order valence-corrected chi connectivity index (χ4v) is 2.99. The molecule has 2 N–H and O–H groups in total. The van der Waals surface area contributed by atoms with E-state index in [1.165, 1.54) is 0 Å². The Balaban J connectivity index is 1.96. The zero-order valence-electron chi connectivity index (χ0n) is 10.6. The average Bonchev–Trinajstić information content (AvgIpc) is 2.89. The first-order valence-electron chi connectivity index (χ1n) is 6.38. The highest BCUT2D eigenvalue weighted by molar-refractivity contribution is 7.99. The summed E-state index contributed by atoms with van der Waals surface area (Å²) < 4.78 is 0. The topological polar surface area (TPSA) is 54.0 Å². The van der Waals surface area contributed by atoms with Gasteiger partial charge in [0.1, 0.15) is 5.82 Å². The number of hydrogen-bond acceptors (Lipinski definition) is 4. The van der Waals surface area contributed by atoms with E-state index < -0.39 is 0 Å². The van der Waals surface area contributed by atoms with E-state index in [1.807, 2.05) is 17.8 Å². The third kappa shape index (κ3) is 3.63. The summed E-state index contributed by atoms with van der Waals surface area (Å²) in [5.74, 6) is 2.94. The van der Waals surface area contributed by atoms with Crippen LogP contribution in [0.3, 0.4) is 0 Å². The molecule has 1 fully saturated rings. The molecule has 18 heavy (non-hydrogen) atoms. The number of carbonyl (C=O) groups is 1. The van der Waals surface area contributed by atoms with Crippen LogP contribution in [0.25, 0.3) is 0 Å². The molecule has 5 heteroatoms. The highest BCUT2D eigenvalue weighted by atomic mass is 32.2. The summed E-state index contributed by atoms with van der Waals surface area (Å²) >= 11 is 1.89. The Bertz CT molecular complexity index is 405. The Morgan fingerprint density at radius 3 is 3.22 bits per heavy atom. The molecule has 0 aliphatic carbocycles. The van der Waals surface area contributed by atoms with Crippen LogP contribution in [0.15, 0.2) is 18.3 Å². The first-order valence-corrected chi connectivity index (χ1v) is 7.53. The number of amides is 1. The number of rotatable bonds is 5. The second-order valence-electron chi connectivity index (χ2n) is 4.39. The number of thioether (sulfide) groups is 1. The monoisotopic (exact) mass is 265 g/mol. The van der Waals surface area contributed by atoms with E-state index in [2.05, 4.69) is 22.5 Å². The zero-order chi connectivity index (χ0) is 12.8. The van der Waals surface area contributed by atoms with Gasteiger partial charge in [-0.3, -0.25) is 4.79 Å². The molecule has 0 saturated carbocycles. The van der Waals surface area contributed by atoms with Crippen molar-refractivity contribution in [1.29, 1.82) is 0 Å². The first-order chi connectivity index (χ1) is 8.79. The minimum absolute atomic E-state index is 0.00412. The van der Waals surface area contributed by atoms with Crippen molar-refractivity contribution < 1.29 is 4.79 Å². The second-order valence-corrected chi connectivity index (χ2v) is 5.54. The van der Waals surface area contributed by atoms with Crippen molar-refractivity contribution in [2.75, 3.05) is 23.4 Å². The van der Waals surface area contributed by atoms with E-state index in [1.54, 1.807) is 12.3 Å². The molecule has 1 atom stereocenters. The van der Waals surface area contributed by atoms with Crippen LogP contribution in [0.2, 0.25) is 0 Å². The van der Waals surface area contributed by atoms with Gasteiger partial charge in [0, 0.05) is 30.1 Å². The summed E-state index contributed by atoms with van der Waals surface area (Å²) in [5.41, 5.74) is 0.681. The van der Waals surface area contributed by atoms with Crippen molar-refractivity contribution in [3.8, 4) is 0 Å². The maximum Gasteiger partial charge on any atom is 0.251 e. The van der Waals surface area contributed by atoms with E-state index >= 15 is 0 Å². The van der Waals surface area contributed by atoms with Gasteiger partial charge in [-0.25, -0.2) is 4.98 Å². The number of nitrogens with zero attached hydrogens (tertiary/aromatic N) is 1. The Morgan fingerprint density at radius 2 is 2.50 bits per heavy atom. The van der Waals surface area contributed by atoms with Crippen LogP contribution >= 0.6 is 11.8 Å². The summed E-state index contributed by atoms with van der Waals surface area (Å²) in [7, 11) is 0. The Labute approximate surface area is 112 Å². The normalized spacial score (nSPS) is 18.6. The lowest BCUT2D eigenvalue weighted by Gasteiger charge is -2.12. The summed E-state index contributed by atoms with van der Waals surface area (Å²) in [6, 6.07) is 3.89. The van der Waals surface area contributed by atoms with Crippen LogP contribution < -0.4 is 10.6 Å². The van der Waals surface area contributed by atoms with Crippen LogP contribution in [0.4, 0.5) is 5.82 Å². The molecule has 2 rings (SSSR count). The fourth-order valence-electron chi connectivity index (χ4n) is 1.84. The lowest BCUT2D eigenvalue weighted by molar-refractivity contribution is 0.0941. The standard InChI is InChI=1S/C13H19N3OS/c1-2-5-14-12-8-10(3-6-15-12)13(17)16-11-4-7-18-9-11/h3,6,8,11H,2,4-5,7,9H2,1H3,(H,14,15)(H,16,17). The van der Waals surface area contributed by atoms with E-state index in [-0.39, 0.29) is 5.91 Å². The van der Waals surface area contributed by atoms with Crippen LogP contribution in [0.5, 0.6) is 0 Å². The van der Waals surface area contributed by atoms with E-state index in [9.17, 15) is 4.79 Å². The Morgan fingerprint density at radius 1 is 1.61 bits per heavy atom. The van der Waals surface area contributed by atoms with Crippen LogP contribution in [0, 0.1) is 0 Å². The number of nitrogens with one attached hydrogen (secondary N) is 2. The largest absolute Gasteiger partial charge is 0.370 e. The molecule has 1 aromatic rings. The highest BCUT2D eigenvalue weighted by Crippen LogP contribution is 2.17. The van der Waals surface area contributed by atoms with Gasteiger partial charge in [-0.2, -0.15) is 11.8 Å². The van der Waals surface area contributed by atoms with Crippen molar-refractivity contribution in [2.45, 2.75) is 25.8 Å². The lowest BCUT2D eigenvalue weighted by Crippen LogP contribution is -2.34. The summed E-state index contributed by atoms with van der Waals surface area (Å²) in [6.45, 7) is 2.97. The van der Waals surface area contributed by atoms with Crippen molar-refractivity contribution in [3.05, 3.63) is 23.9 Å². The quantitative estimate of drug-likeness (QED) is 0.856. The number of carbonyl (C=O) groups excluding carboxylic acids is 1. The lowest BCUT2D eigenvalue weighted by atomic mass is 10.2. The average molecular weight is 265 g/mol. The van der Waals surface area contributed by atoms with Gasteiger partial charge in [0.15, 0.2) is 0 Å². The van der Waals surface area contributed by atoms with Gasteiger partial charge in [-0.15, -0.1) is 0 Å². The minimum Gasteiger partial charge on any atom is -0.370 e. The molecule has 1 aliphatic heterocycles. The van der Waals surface area contributed by atoms with Crippen LogP contribution in [0.1, 0.15) is 30.1 Å². The van der Waals surface area contributed by atoms with E-state index in [0.29, 0.717) is 11.6 Å². The highest BCUT2D eigenvalue weighted by Gasteiger charge is 2.18. The maximum atomic E-state index is 12.1. The molecule has 1 saturated heterocycles. The van der Waals surface area contributed by atoms with Crippen molar-refractivity contribution in [3.63, 3.8) is 0 Å². The molecule has 1 amide bonds. The maximum absolute atomic E-state index is 12.1. The van der Waals surface area contributed by atoms with Crippen molar-refractivity contribution in [1.82, 2.24) is 10.3 Å². The Hall–Kier alpha value is -1.23. The molecule has 0 spiro atoms. The second kappa shape index (κ2) is 6.64. The number of anilines is 1. The van der Waals surface area contributed by atoms with Gasteiger partial charge in [-0.1, -0.05) is 6.92 Å². The smallest absolute Gasteiger partial charge is 0.251 e. The van der Waals surface area contributed by atoms with Gasteiger partial charge < -0.3 is 10.6 Å². The summed E-state index contributed by atoms with van der Waals surface area (Å²) in [5, 5.41) is 6.25. The van der Waals surface area contributed by atoms with Gasteiger partial charge in [0.2, 0.25) is 0 Å². The summed E-state index contributed by atoms with van der Waals surface area (Å²) in [4.78, 5) is 16.2. The number of aromatic nitrogens is 1. The SMILES string of the molecule is CCCNc1cc(C(=O)NC2CCSC2)ccn1. The van der Waals surface area contributed by atoms with Crippen LogP contribution in [-0.2, 0) is 0 Å². The molecular weight excluding hydrogens is 246 g/mol. The molecule has 2 heterocycles. The Kier molecular flexibility index (Phi) is 4.87. The van der Waals surface area contributed by atoms with E-state index in [0.717, 1.165) is 36.7 Å². The molecule has 98 valence electrons. The first kappa shape index (κ1) is 13.2. The predicted molar refractivity (Wildman–Crippen MR) is 76.2 cm³/mol.